The van der Waals surface area contributed by atoms with Gasteiger partial charge in [-0.25, -0.2) is 4.98 Å². The molecule has 0 spiro atoms. The van der Waals surface area contributed by atoms with Crippen LogP contribution in [0.3, 0.4) is 0 Å². The number of fused-ring (bicyclic) bond motifs is 1. The zero-order valence-electron chi connectivity index (χ0n) is 11.4. The average Bonchev–Trinajstić information content (AvgIpc) is 2.92. The van der Waals surface area contributed by atoms with E-state index in [1.165, 1.54) is 0 Å². The standard InChI is InChI=1S/C16H16ClN3O/c17-13-6-4-12(5-7-13)15(11-21)18-9-14-10-20-8-2-1-3-16(20)19-14/h1-8,10,15,18,21H,9,11H2. The van der Waals surface area contributed by atoms with Crippen LogP contribution in [0.1, 0.15) is 17.3 Å². The fourth-order valence-corrected chi connectivity index (χ4v) is 2.41. The highest BCUT2D eigenvalue weighted by atomic mass is 35.5. The summed E-state index contributed by atoms with van der Waals surface area (Å²) in [5.74, 6) is 0. The monoisotopic (exact) mass is 301 g/mol. The number of rotatable bonds is 5. The highest BCUT2D eigenvalue weighted by Crippen LogP contribution is 2.17. The minimum Gasteiger partial charge on any atom is -0.394 e. The molecule has 0 radical (unpaired) electrons. The molecule has 1 unspecified atom stereocenters. The van der Waals surface area contributed by atoms with Gasteiger partial charge in [0.15, 0.2) is 0 Å². The summed E-state index contributed by atoms with van der Waals surface area (Å²) < 4.78 is 1.98. The second-order valence-corrected chi connectivity index (χ2v) is 5.30. The summed E-state index contributed by atoms with van der Waals surface area (Å²) in [6.45, 7) is 0.616. The predicted molar refractivity (Wildman–Crippen MR) is 83.3 cm³/mol. The number of hydrogen-bond donors (Lipinski definition) is 2. The summed E-state index contributed by atoms with van der Waals surface area (Å²) in [6, 6.07) is 13.2. The fraction of sp³-hybridized carbons (Fsp3) is 0.188. The lowest BCUT2D eigenvalue weighted by Crippen LogP contribution is -2.24. The highest BCUT2D eigenvalue weighted by molar-refractivity contribution is 6.30. The molecule has 108 valence electrons. The van der Waals surface area contributed by atoms with Gasteiger partial charge in [-0.15, -0.1) is 0 Å². The Labute approximate surface area is 128 Å². The number of aliphatic hydroxyl groups is 1. The second kappa shape index (κ2) is 6.26. The van der Waals surface area contributed by atoms with Crippen LogP contribution in [0.4, 0.5) is 0 Å². The molecule has 0 aliphatic rings. The Kier molecular flexibility index (Phi) is 4.20. The molecular formula is C16H16ClN3O. The molecule has 0 amide bonds. The number of benzene rings is 1. The van der Waals surface area contributed by atoms with E-state index in [9.17, 15) is 5.11 Å². The Balaban J connectivity index is 1.71. The van der Waals surface area contributed by atoms with Crippen molar-refractivity contribution in [2.45, 2.75) is 12.6 Å². The number of aliphatic hydroxyl groups excluding tert-OH is 1. The third kappa shape index (κ3) is 3.24. The van der Waals surface area contributed by atoms with Crippen molar-refractivity contribution < 1.29 is 5.11 Å². The Bertz CT molecular complexity index is 691. The van der Waals surface area contributed by atoms with Crippen LogP contribution < -0.4 is 5.32 Å². The van der Waals surface area contributed by atoms with Gasteiger partial charge in [-0.1, -0.05) is 29.8 Å². The van der Waals surface area contributed by atoms with Crippen LogP contribution in [0.25, 0.3) is 5.65 Å². The van der Waals surface area contributed by atoms with Crippen LogP contribution in [-0.4, -0.2) is 21.1 Å². The number of nitrogens with zero attached hydrogens (tertiary/aromatic N) is 2. The van der Waals surface area contributed by atoms with Crippen LogP contribution in [0.5, 0.6) is 0 Å². The van der Waals surface area contributed by atoms with Gasteiger partial charge < -0.3 is 14.8 Å². The fourth-order valence-electron chi connectivity index (χ4n) is 2.28. The van der Waals surface area contributed by atoms with Crippen molar-refractivity contribution in [3.05, 3.63) is 71.1 Å². The Morgan fingerprint density at radius 2 is 2.00 bits per heavy atom. The highest BCUT2D eigenvalue weighted by Gasteiger charge is 2.10. The molecular weight excluding hydrogens is 286 g/mol. The van der Waals surface area contributed by atoms with Gasteiger partial charge in [0.05, 0.1) is 18.3 Å². The smallest absolute Gasteiger partial charge is 0.137 e. The molecule has 3 aromatic rings. The molecule has 2 heterocycles. The van der Waals surface area contributed by atoms with E-state index in [1.807, 2.05) is 59.3 Å². The zero-order valence-corrected chi connectivity index (χ0v) is 12.2. The van der Waals surface area contributed by atoms with Gasteiger partial charge in [-0.3, -0.25) is 0 Å². The van der Waals surface area contributed by atoms with E-state index < -0.39 is 0 Å². The summed E-state index contributed by atoms with van der Waals surface area (Å²) in [5.41, 5.74) is 2.86. The molecule has 0 aliphatic carbocycles. The molecule has 2 aromatic heterocycles. The van der Waals surface area contributed by atoms with E-state index in [0.717, 1.165) is 16.9 Å². The number of aromatic nitrogens is 2. The Morgan fingerprint density at radius 1 is 1.19 bits per heavy atom. The minimum atomic E-state index is -0.132. The van der Waals surface area contributed by atoms with E-state index >= 15 is 0 Å². The van der Waals surface area contributed by atoms with Crippen molar-refractivity contribution >= 4 is 17.2 Å². The van der Waals surface area contributed by atoms with E-state index in [0.29, 0.717) is 11.6 Å². The maximum absolute atomic E-state index is 9.55. The molecule has 0 fully saturated rings. The molecule has 0 saturated heterocycles. The van der Waals surface area contributed by atoms with Gasteiger partial charge in [0.25, 0.3) is 0 Å². The first kappa shape index (κ1) is 14.1. The number of imidazole rings is 1. The third-order valence-electron chi connectivity index (χ3n) is 3.40. The van der Waals surface area contributed by atoms with Gasteiger partial charge in [-0.2, -0.15) is 0 Å². The van der Waals surface area contributed by atoms with Gasteiger partial charge in [-0.05, 0) is 29.8 Å². The molecule has 5 heteroatoms. The minimum absolute atomic E-state index is 0.0228. The predicted octanol–water partition coefficient (Wildman–Crippen LogP) is 2.81. The molecule has 2 N–H and O–H groups in total. The lowest BCUT2D eigenvalue weighted by molar-refractivity contribution is 0.243. The van der Waals surface area contributed by atoms with Crippen LogP contribution in [0, 0.1) is 0 Å². The van der Waals surface area contributed by atoms with Gasteiger partial charge >= 0.3 is 0 Å². The van der Waals surface area contributed by atoms with Crippen LogP contribution in [-0.2, 0) is 6.54 Å². The quantitative estimate of drug-likeness (QED) is 0.762. The van der Waals surface area contributed by atoms with Crippen LogP contribution in [0.15, 0.2) is 54.9 Å². The lowest BCUT2D eigenvalue weighted by atomic mass is 10.1. The number of nitrogens with one attached hydrogen (secondary N) is 1. The number of hydrogen-bond acceptors (Lipinski definition) is 3. The van der Waals surface area contributed by atoms with Crippen molar-refractivity contribution in [1.82, 2.24) is 14.7 Å². The van der Waals surface area contributed by atoms with Gasteiger partial charge in [0.1, 0.15) is 5.65 Å². The Hall–Kier alpha value is -1.88. The van der Waals surface area contributed by atoms with Crippen LogP contribution in [0.2, 0.25) is 5.02 Å². The van der Waals surface area contributed by atoms with E-state index in [-0.39, 0.29) is 12.6 Å². The molecule has 4 nitrogen and oxygen atoms in total. The summed E-state index contributed by atoms with van der Waals surface area (Å²) >= 11 is 5.88. The summed E-state index contributed by atoms with van der Waals surface area (Å²) in [4.78, 5) is 4.52. The number of pyridine rings is 1. The van der Waals surface area contributed by atoms with Crippen molar-refractivity contribution in [3.63, 3.8) is 0 Å². The molecule has 0 bridgehead atoms. The van der Waals surface area contributed by atoms with Crippen molar-refractivity contribution in [1.29, 1.82) is 0 Å². The molecule has 3 rings (SSSR count). The van der Waals surface area contributed by atoms with Crippen molar-refractivity contribution in [2.24, 2.45) is 0 Å². The van der Waals surface area contributed by atoms with Gasteiger partial charge in [0, 0.05) is 24.0 Å². The first-order chi connectivity index (χ1) is 10.3. The normalized spacial score (nSPS) is 12.7. The summed E-state index contributed by atoms with van der Waals surface area (Å²) in [7, 11) is 0. The SMILES string of the molecule is OCC(NCc1cn2ccccc2n1)c1ccc(Cl)cc1. The lowest BCUT2D eigenvalue weighted by Gasteiger charge is -2.16. The molecule has 0 aliphatic heterocycles. The largest absolute Gasteiger partial charge is 0.394 e. The molecule has 21 heavy (non-hydrogen) atoms. The van der Waals surface area contributed by atoms with Crippen molar-refractivity contribution in [2.75, 3.05) is 6.61 Å². The van der Waals surface area contributed by atoms with Crippen molar-refractivity contribution in [3.8, 4) is 0 Å². The molecule has 1 aromatic carbocycles. The van der Waals surface area contributed by atoms with Crippen LogP contribution >= 0.6 is 11.6 Å². The number of halogens is 1. The maximum atomic E-state index is 9.55. The molecule has 1 atom stereocenters. The Morgan fingerprint density at radius 3 is 2.71 bits per heavy atom. The molecule has 0 saturated carbocycles. The second-order valence-electron chi connectivity index (χ2n) is 4.87. The van der Waals surface area contributed by atoms with E-state index in [2.05, 4.69) is 10.3 Å². The third-order valence-corrected chi connectivity index (χ3v) is 3.65. The zero-order chi connectivity index (χ0) is 14.7. The van der Waals surface area contributed by atoms with Gasteiger partial charge in [0.2, 0.25) is 0 Å². The first-order valence-corrected chi connectivity index (χ1v) is 7.16. The summed E-state index contributed by atoms with van der Waals surface area (Å²) in [6.07, 6.45) is 3.95. The first-order valence-electron chi connectivity index (χ1n) is 6.78. The topological polar surface area (TPSA) is 49.6 Å². The maximum Gasteiger partial charge on any atom is 0.137 e. The van der Waals surface area contributed by atoms with E-state index in [1.54, 1.807) is 0 Å². The average molecular weight is 302 g/mol. The summed E-state index contributed by atoms with van der Waals surface area (Å²) in [5, 5.41) is 13.5. The van der Waals surface area contributed by atoms with E-state index in [4.69, 9.17) is 11.6 Å².